The van der Waals surface area contributed by atoms with Gasteiger partial charge in [0.25, 0.3) is 0 Å². The molecule has 3 nitrogen and oxygen atoms in total. The molecule has 0 atom stereocenters. The second-order valence-electron chi connectivity index (χ2n) is 3.79. The highest BCUT2D eigenvalue weighted by atomic mass is 16.1. The molecule has 0 radical (unpaired) electrons. The van der Waals surface area contributed by atoms with Gasteiger partial charge in [0.1, 0.15) is 0 Å². The van der Waals surface area contributed by atoms with E-state index < -0.39 is 0 Å². The third-order valence-corrected chi connectivity index (χ3v) is 2.64. The fraction of sp³-hybridized carbons (Fsp3) is 0.286. The molecule has 1 amide bonds. The molecule has 0 aliphatic carbocycles. The van der Waals surface area contributed by atoms with Gasteiger partial charge in [-0.15, -0.1) is 0 Å². The summed E-state index contributed by atoms with van der Waals surface area (Å²) in [7, 11) is 0. The van der Waals surface area contributed by atoms with Crippen molar-refractivity contribution in [3.63, 3.8) is 0 Å². The first-order valence-electron chi connectivity index (χ1n) is 5.61. The van der Waals surface area contributed by atoms with Crippen molar-refractivity contribution in [3.05, 3.63) is 41.1 Å². The lowest BCUT2D eigenvalue weighted by molar-refractivity contribution is -0.109. The Bertz CT molecular complexity index is 430. The normalized spacial score (nSPS) is 12.4. The van der Waals surface area contributed by atoms with E-state index in [2.05, 4.69) is 17.2 Å². The van der Waals surface area contributed by atoms with Gasteiger partial charge in [-0.05, 0) is 37.5 Å². The molecule has 0 unspecified atom stereocenters. The summed E-state index contributed by atoms with van der Waals surface area (Å²) in [5.41, 5.74) is 4.43. The number of hydrogen-bond acceptors (Lipinski definition) is 2. The van der Waals surface area contributed by atoms with Crippen LogP contribution in [0.25, 0.3) is 5.57 Å². The van der Waals surface area contributed by atoms with Crippen LogP contribution in [0.1, 0.15) is 31.9 Å². The van der Waals surface area contributed by atoms with E-state index in [1.54, 1.807) is 6.21 Å². The lowest BCUT2D eigenvalue weighted by Crippen LogP contribution is -2.09. The second kappa shape index (κ2) is 6.63. The Morgan fingerprint density at radius 1 is 1.29 bits per heavy atom. The van der Waals surface area contributed by atoms with Crippen molar-refractivity contribution in [3.8, 4) is 0 Å². The summed E-state index contributed by atoms with van der Waals surface area (Å²) >= 11 is 0. The molecule has 0 aliphatic heterocycles. The minimum Gasteiger partial charge on any atom is -0.355 e. The second-order valence-corrected chi connectivity index (χ2v) is 3.79. The van der Waals surface area contributed by atoms with E-state index in [0.29, 0.717) is 13.0 Å². The molecule has 0 aromatic heterocycles. The Balaban J connectivity index is 2.87. The van der Waals surface area contributed by atoms with Crippen molar-refractivity contribution in [2.75, 3.05) is 0 Å². The first-order valence-corrected chi connectivity index (χ1v) is 5.61. The van der Waals surface area contributed by atoms with E-state index in [4.69, 9.17) is 0 Å². The molecule has 0 saturated carbocycles. The molecule has 1 N–H and O–H groups in total. The van der Waals surface area contributed by atoms with Crippen molar-refractivity contribution in [1.29, 1.82) is 0 Å². The number of nitrogens with zero attached hydrogens (tertiary/aromatic N) is 1. The number of allylic oxidation sites excluding steroid dienone is 2. The number of carbonyl (C=O) groups is 1. The molecule has 3 heteroatoms. The first-order chi connectivity index (χ1) is 8.19. The molecule has 0 bridgehead atoms. The highest BCUT2D eigenvalue weighted by Crippen LogP contribution is 2.19. The molecule has 90 valence electrons. The number of nitrogens with one attached hydrogen (secondary N) is 1. The van der Waals surface area contributed by atoms with Crippen LogP contribution in [0.5, 0.6) is 0 Å². The van der Waals surface area contributed by atoms with Crippen LogP contribution in [-0.2, 0) is 11.3 Å². The third-order valence-electron chi connectivity index (χ3n) is 2.64. The van der Waals surface area contributed by atoms with E-state index >= 15 is 0 Å². The van der Waals surface area contributed by atoms with Crippen molar-refractivity contribution >= 4 is 18.2 Å². The standard InChI is InChI=1S/C14H18N2O/c1-4-16-12(3)11(2)14-7-5-13(6-8-14)9-15-10-17/h4-8,10H,9H2,1-3H3,(H,15,17)/b12-11+,16-4?. The zero-order valence-corrected chi connectivity index (χ0v) is 10.5. The number of benzene rings is 1. The summed E-state index contributed by atoms with van der Waals surface area (Å²) in [5, 5.41) is 2.64. The zero-order chi connectivity index (χ0) is 12.7. The van der Waals surface area contributed by atoms with Gasteiger partial charge in [0.2, 0.25) is 6.41 Å². The summed E-state index contributed by atoms with van der Waals surface area (Å²) in [6, 6.07) is 8.12. The van der Waals surface area contributed by atoms with Gasteiger partial charge in [-0.1, -0.05) is 24.3 Å². The number of carbonyl (C=O) groups excluding carboxylic acids is 1. The maximum atomic E-state index is 10.2. The molecule has 0 spiro atoms. The molecule has 0 heterocycles. The van der Waals surface area contributed by atoms with E-state index in [9.17, 15) is 4.79 Å². The van der Waals surface area contributed by atoms with E-state index in [-0.39, 0.29) is 0 Å². The van der Waals surface area contributed by atoms with E-state index in [1.165, 1.54) is 0 Å². The van der Waals surface area contributed by atoms with E-state index in [1.807, 2.05) is 38.1 Å². The van der Waals surface area contributed by atoms with Gasteiger partial charge in [-0.2, -0.15) is 0 Å². The Morgan fingerprint density at radius 3 is 2.47 bits per heavy atom. The zero-order valence-electron chi connectivity index (χ0n) is 10.5. The molecular weight excluding hydrogens is 212 g/mol. The maximum absolute atomic E-state index is 10.2. The summed E-state index contributed by atoms with van der Waals surface area (Å²) in [6.07, 6.45) is 2.50. The van der Waals surface area contributed by atoms with Crippen LogP contribution in [0.15, 0.2) is 35.0 Å². The molecule has 17 heavy (non-hydrogen) atoms. The average Bonchev–Trinajstić information content (AvgIpc) is 2.36. The topological polar surface area (TPSA) is 41.5 Å². The van der Waals surface area contributed by atoms with Crippen molar-refractivity contribution in [2.45, 2.75) is 27.3 Å². The summed E-state index contributed by atoms with van der Waals surface area (Å²) < 4.78 is 0. The molecule has 0 aliphatic rings. The predicted octanol–water partition coefficient (Wildman–Crippen LogP) is 2.77. The van der Waals surface area contributed by atoms with Gasteiger partial charge in [-0.3, -0.25) is 9.79 Å². The highest BCUT2D eigenvalue weighted by Gasteiger charge is 1.99. The largest absolute Gasteiger partial charge is 0.355 e. The van der Waals surface area contributed by atoms with Gasteiger partial charge in [0, 0.05) is 18.5 Å². The van der Waals surface area contributed by atoms with Crippen LogP contribution in [0.2, 0.25) is 0 Å². The van der Waals surface area contributed by atoms with Gasteiger partial charge < -0.3 is 5.32 Å². The minimum atomic E-state index is 0.568. The van der Waals surface area contributed by atoms with Gasteiger partial charge >= 0.3 is 0 Å². The molecular formula is C14H18N2O. The van der Waals surface area contributed by atoms with Gasteiger partial charge in [0.15, 0.2) is 0 Å². The average molecular weight is 230 g/mol. The predicted molar refractivity (Wildman–Crippen MR) is 71.8 cm³/mol. The lowest BCUT2D eigenvalue weighted by Gasteiger charge is -2.06. The van der Waals surface area contributed by atoms with Crippen LogP contribution >= 0.6 is 0 Å². The summed E-state index contributed by atoms with van der Waals surface area (Å²) in [4.78, 5) is 14.4. The Kier molecular flexibility index (Phi) is 5.14. The van der Waals surface area contributed by atoms with Crippen LogP contribution in [0.4, 0.5) is 0 Å². The minimum absolute atomic E-state index is 0.568. The highest BCUT2D eigenvalue weighted by molar-refractivity contribution is 5.69. The van der Waals surface area contributed by atoms with Crippen LogP contribution in [-0.4, -0.2) is 12.6 Å². The van der Waals surface area contributed by atoms with Gasteiger partial charge in [0.05, 0.1) is 0 Å². The Morgan fingerprint density at radius 2 is 1.94 bits per heavy atom. The van der Waals surface area contributed by atoms with Crippen LogP contribution in [0, 0.1) is 0 Å². The molecule has 0 saturated heterocycles. The Hall–Kier alpha value is -1.90. The summed E-state index contributed by atoms with van der Waals surface area (Å²) in [5.74, 6) is 0. The van der Waals surface area contributed by atoms with E-state index in [0.717, 1.165) is 22.4 Å². The first kappa shape index (κ1) is 13.2. The molecule has 1 aromatic carbocycles. The quantitative estimate of drug-likeness (QED) is 0.613. The lowest BCUT2D eigenvalue weighted by atomic mass is 10.0. The number of rotatable bonds is 5. The van der Waals surface area contributed by atoms with Crippen LogP contribution < -0.4 is 5.32 Å². The number of aliphatic imine (C=N–C) groups is 1. The fourth-order valence-electron chi connectivity index (χ4n) is 1.53. The van der Waals surface area contributed by atoms with Crippen molar-refractivity contribution < 1.29 is 4.79 Å². The third kappa shape index (κ3) is 3.87. The molecule has 1 rings (SSSR count). The van der Waals surface area contributed by atoms with Crippen molar-refractivity contribution in [2.24, 2.45) is 4.99 Å². The van der Waals surface area contributed by atoms with Crippen LogP contribution in [0.3, 0.4) is 0 Å². The molecule has 1 aromatic rings. The van der Waals surface area contributed by atoms with Crippen molar-refractivity contribution in [1.82, 2.24) is 5.32 Å². The smallest absolute Gasteiger partial charge is 0.207 e. The maximum Gasteiger partial charge on any atom is 0.207 e. The van der Waals surface area contributed by atoms with Gasteiger partial charge in [-0.25, -0.2) is 0 Å². The Labute approximate surface area is 102 Å². The number of hydrogen-bond donors (Lipinski definition) is 1. The fourth-order valence-corrected chi connectivity index (χ4v) is 1.53. The monoisotopic (exact) mass is 230 g/mol. The SMILES string of the molecule is CC=N/C(C)=C(\C)c1ccc(CNC=O)cc1. The molecule has 0 fully saturated rings. The number of amides is 1. The summed E-state index contributed by atoms with van der Waals surface area (Å²) in [6.45, 7) is 6.53.